The zero-order chi connectivity index (χ0) is 19.1. The molecular weight excluding hydrogens is 340 g/mol. The summed E-state index contributed by atoms with van der Waals surface area (Å²) in [6.07, 6.45) is 2.43. The van der Waals surface area contributed by atoms with Crippen molar-refractivity contribution in [1.29, 1.82) is 0 Å². The second kappa shape index (κ2) is 9.21. The summed E-state index contributed by atoms with van der Waals surface area (Å²) in [7, 11) is 0. The van der Waals surface area contributed by atoms with Crippen LogP contribution in [0, 0.1) is 0 Å². The highest BCUT2D eigenvalue weighted by Crippen LogP contribution is 2.25. The number of ether oxygens (including phenoxy) is 1. The van der Waals surface area contributed by atoms with Crippen LogP contribution in [0.5, 0.6) is 5.75 Å². The summed E-state index contributed by atoms with van der Waals surface area (Å²) < 4.78 is 5.62. The van der Waals surface area contributed by atoms with E-state index in [9.17, 15) is 9.59 Å². The highest BCUT2D eigenvalue weighted by atomic mass is 16.5. The fourth-order valence-electron chi connectivity index (χ4n) is 3.32. The third-order valence-corrected chi connectivity index (χ3v) is 4.88. The Morgan fingerprint density at radius 2 is 2.00 bits per heavy atom. The molecule has 5 nitrogen and oxygen atoms in total. The smallest absolute Gasteiger partial charge is 0.257 e. The van der Waals surface area contributed by atoms with Crippen LogP contribution in [0.1, 0.15) is 37.7 Å². The Hall–Kier alpha value is -2.82. The molecule has 0 bridgehead atoms. The number of amides is 2. The topological polar surface area (TPSA) is 58.6 Å². The number of carbonyl (C=O) groups excluding carboxylic acids is 2. The Morgan fingerprint density at radius 1 is 1.19 bits per heavy atom. The first-order chi connectivity index (χ1) is 13.2. The minimum absolute atomic E-state index is 0.0391. The second-order valence-electron chi connectivity index (χ2n) is 6.75. The van der Waals surface area contributed by atoms with Crippen molar-refractivity contribution in [3.05, 3.63) is 60.2 Å². The van der Waals surface area contributed by atoms with E-state index < -0.39 is 0 Å². The van der Waals surface area contributed by atoms with Crippen LogP contribution in [-0.2, 0) is 9.59 Å². The van der Waals surface area contributed by atoms with Gasteiger partial charge in [-0.15, -0.1) is 0 Å². The maximum atomic E-state index is 12.2. The first kappa shape index (κ1) is 19.0. The van der Waals surface area contributed by atoms with Gasteiger partial charge in [0.25, 0.3) is 5.91 Å². The van der Waals surface area contributed by atoms with Gasteiger partial charge in [-0.3, -0.25) is 9.59 Å². The lowest BCUT2D eigenvalue weighted by Crippen LogP contribution is -2.32. The maximum absolute atomic E-state index is 12.2. The summed E-state index contributed by atoms with van der Waals surface area (Å²) in [5, 5.41) is 2.95. The molecular formula is C22H26N2O3. The predicted octanol–water partition coefficient (Wildman–Crippen LogP) is 3.50. The van der Waals surface area contributed by atoms with Gasteiger partial charge in [-0.2, -0.15) is 0 Å². The van der Waals surface area contributed by atoms with E-state index in [2.05, 4.69) is 24.4 Å². The highest BCUT2D eigenvalue weighted by Gasteiger charge is 2.21. The van der Waals surface area contributed by atoms with E-state index in [4.69, 9.17) is 4.74 Å². The molecule has 1 saturated heterocycles. The maximum Gasteiger partial charge on any atom is 0.257 e. The minimum Gasteiger partial charge on any atom is -0.484 e. The van der Waals surface area contributed by atoms with Crippen molar-refractivity contribution in [2.75, 3.05) is 24.6 Å². The van der Waals surface area contributed by atoms with Gasteiger partial charge in [-0.25, -0.2) is 0 Å². The van der Waals surface area contributed by atoms with Crippen LogP contribution in [-0.4, -0.2) is 31.5 Å². The third-order valence-electron chi connectivity index (χ3n) is 4.88. The molecule has 1 fully saturated rings. The Balaban J connectivity index is 1.50. The Kier molecular flexibility index (Phi) is 6.47. The van der Waals surface area contributed by atoms with Gasteiger partial charge in [0.2, 0.25) is 5.91 Å². The number of rotatable bonds is 8. The monoisotopic (exact) mass is 366 g/mol. The lowest BCUT2D eigenvalue weighted by molar-refractivity contribution is -0.123. The summed E-state index contributed by atoms with van der Waals surface area (Å²) in [4.78, 5) is 25.8. The van der Waals surface area contributed by atoms with E-state index in [1.165, 1.54) is 5.56 Å². The molecule has 0 spiro atoms. The van der Waals surface area contributed by atoms with E-state index in [-0.39, 0.29) is 18.4 Å². The first-order valence-electron chi connectivity index (χ1n) is 9.52. The van der Waals surface area contributed by atoms with Gasteiger partial charge >= 0.3 is 0 Å². The van der Waals surface area contributed by atoms with Crippen molar-refractivity contribution in [3.63, 3.8) is 0 Å². The molecule has 1 heterocycles. The number of benzene rings is 2. The predicted molar refractivity (Wildman–Crippen MR) is 106 cm³/mol. The molecule has 1 aliphatic rings. The molecule has 0 aromatic heterocycles. The summed E-state index contributed by atoms with van der Waals surface area (Å²) in [5.74, 6) is 0.876. The summed E-state index contributed by atoms with van der Waals surface area (Å²) >= 11 is 0. The van der Waals surface area contributed by atoms with Crippen LogP contribution in [0.25, 0.3) is 0 Å². The number of hydrogen-bond acceptors (Lipinski definition) is 3. The molecule has 3 rings (SSSR count). The third kappa shape index (κ3) is 5.09. The number of anilines is 1. The first-order valence-corrected chi connectivity index (χ1v) is 9.52. The Morgan fingerprint density at radius 3 is 2.70 bits per heavy atom. The number of hydrogen-bond donors (Lipinski definition) is 1. The molecule has 2 aromatic rings. The van der Waals surface area contributed by atoms with E-state index >= 15 is 0 Å². The number of nitrogens with zero attached hydrogens (tertiary/aromatic N) is 1. The molecule has 0 radical (unpaired) electrons. The lowest BCUT2D eigenvalue weighted by Gasteiger charge is -2.17. The molecule has 0 saturated carbocycles. The van der Waals surface area contributed by atoms with Gasteiger partial charge in [0.05, 0.1) is 0 Å². The molecule has 1 N–H and O–H groups in total. The van der Waals surface area contributed by atoms with Crippen molar-refractivity contribution in [2.24, 2.45) is 0 Å². The van der Waals surface area contributed by atoms with E-state index in [1.807, 2.05) is 36.4 Å². The molecule has 1 atom stereocenters. The van der Waals surface area contributed by atoms with Crippen LogP contribution in [0.15, 0.2) is 54.6 Å². The van der Waals surface area contributed by atoms with Crippen LogP contribution < -0.4 is 15.0 Å². The fraction of sp³-hybridized carbons (Fsp3) is 0.364. The quantitative estimate of drug-likeness (QED) is 0.778. The van der Waals surface area contributed by atoms with Crippen LogP contribution in [0.3, 0.4) is 0 Å². The van der Waals surface area contributed by atoms with Crippen molar-refractivity contribution >= 4 is 17.5 Å². The Labute approximate surface area is 160 Å². The molecule has 142 valence electrons. The summed E-state index contributed by atoms with van der Waals surface area (Å²) in [5.41, 5.74) is 2.05. The van der Waals surface area contributed by atoms with E-state index in [0.717, 1.165) is 25.1 Å². The summed E-state index contributed by atoms with van der Waals surface area (Å²) in [6, 6.07) is 17.5. The number of nitrogens with one attached hydrogen (secondary N) is 1. The fourth-order valence-corrected chi connectivity index (χ4v) is 3.32. The minimum atomic E-state index is -0.146. The van der Waals surface area contributed by atoms with Crippen LogP contribution in [0.2, 0.25) is 0 Å². The number of carbonyl (C=O) groups is 2. The average molecular weight is 366 g/mol. The molecule has 2 amide bonds. The second-order valence-corrected chi connectivity index (χ2v) is 6.75. The largest absolute Gasteiger partial charge is 0.484 e. The van der Waals surface area contributed by atoms with Crippen LogP contribution in [0.4, 0.5) is 5.69 Å². The standard InChI is InChI=1S/C22H26N2O3/c1-2-17(18-8-4-3-5-9-18)15-23-21(25)16-27-20-11-6-10-19(14-20)24-13-7-12-22(24)26/h3-6,8-11,14,17H,2,7,12-13,15-16H2,1H3,(H,23,25). The van der Waals surface area contributed by atoms with Gasteiger partial charge in [0, 0.05) is 37.2 Å². The molecule has 0 aliphatic carbocycles. The highest BCUT2D eigenvalue weighted by molar-refractivity contribution is 5.95. The summed E-state index contributed by atoms with van der Waals surface area (Å²) in [6.45, 7) is 3.40. The van der Waals surface area contributed by atoms with E-state index in [1.54, 1.807) is 11.0 Å². The average Bonchev–Trinajstić information content (AvgIpc) is 3.14. The van der Waals surface area contributed by atoms with Gasteiger partial charge in [-0.05, 0) is 30.5 Å². The zero-order valence-electron chi connectivity index (χ0n) is 15.7. The molecule has 1 aliphatic heterocycles. The van der Waals surface area contributed by atoms with Gasteiger partial charge in [0.15, 0.2) is 6.61 Å². The Bertz CT molecular complexity index is 776. The van der Waals surface area contributed by atoms with E-state index in [0.29, 0.717) is 24.6 Å². The van der Waals surface area contributed by atoms with Gasteiger partial charge in [0.1, 0.15) is 5.75 Å². The SMILES string of the molecule is CCC(CNC(=O)COc1cccc(N2CCCC2=O)c1)c1ccccc1. The molecule has 5 heteroatoms. The van der Waals surface area contributed by atoms with Crippen molar-refractivity contribution in [3.8, 4) is 5.75 Å². The van der Waals surface area contributed by atoms with Gasteiger partial charge < -0.3 is 15.0 Å². The van der Waals surface area contributed by atoms with Crippen molar-refractivity contribution < 1.29 is 14.3 Å². The van der Waals surface area contributed by atoms with Crippen molar-refractivity contribution in [2.45, 2.75) is 32.1 Å². The lowest BCUT2D eigenvalue weighted by atomic mass is 9.96. The van der Waals surface area contributed by atoms with Crippen molar-refractivity contribution in [1.82, 2.24) is 5.32 Å². The normalized spacial score (nSPS) is 14.9. The molecule has 1 unspecified atom stereocenters. The zero-order valence-corrected chi connectivity index (χ0v) is 15.7. The molecule has 2 aromatic carbocycles. The van der Waals surface area contributed by atoms with Gasteiger partial charge in [-0.1, -0.05) is 43.3 Å². The molecule has 27 heavy (non-hydrogen) atoms. The van der Waals surface area contributed by atoms with Crippen LogP contribution >= 0.6 is 0 Å².